The number of rotatable bonds is 3. The molecule has 21 heavy (non-hydrogen) atoms. The van der Waals surface area contributed by atoms with E-state index in [9.17, 15) is 8.42 Å². The van der Waals surface area contributed by atoms with Crippen molar-refractivity contribution in [1.82, 2.24) is 13.6 Å². The van der Waals surface area contributed by atoms with Crippen molar-refractivity contribution in [3.05, 3.63) is 29.5 Å². The molecule has 1 aliphatic heterocycles. The van der Waals surface area contributed by atoms with Crippen LogP contribution >= 0.6 is 0 Å². The summed E-state index contributed by atoms with van der Waals surface area (Å²) in [5.41, 5.74) is 3.08. The fraction of sp³-hybridized carbons (Fsp3) is 0.429. The molecule has 3 rings (SSSR count). The largest absolute Gasteiger partial charge is 0.495 e. The summed E-state index contributed by atoms with van der Waals surface area (Å²) in [7, 11) is 1.37. The van der Waals surface area contributed by atoms with Crippen LogP contribution in [0, 0.1) is 0 Å². The molecule has 0 saturated heterocycles. The maximum absolute atomic E-state index is 12.3. The maximum Gasteiger partial charge on any atom is 0.281 e. The minimum Gasteiger partial charge on any atom is -0.495 e. The van der Waals surface area contributed by atoms with Gasteiger partial charge in [-0.25, -0.2) is 0 Å². The fourth-order valence-electron chi connectivity index (χ4n) is 2.78. The van der Waals surface area contributed by atoms with Gasteiger partial charge in [0, 0.05) is 44.7 Å². The lowest BCUT2D eigenvalue weighted by atomic mass is 10.1. The normalized spacial score (nSPS) is 16.4. The van der Waals surface area contributed by atoms with Gasteiger partial charge in [-0.3, -0.25) is 0 Å². The Bertz CT molecular complexity index is 780. The second kappa shape index (κ2) is 5.01. The number of hydrogen-bond acceptors (Lipinski definition) is 3. The van der Waals surface area contributed by atoms with E-state index in [1.165, 1.54) is 8.61 Å². The number of para-hydroxylation sites is 1. The fourth-order valence-corrected chi connectivity index (χ4v) is 3.86. The van der Waals surface area contributed by atoms with E-state index in [1.807, 2.05) is 18.2 Å². The molecule has 0 unspecified atom stereocenters. The molecular weight excluding hydrogens is 290 g/mol. The van der Waals surface area contributed by atoms with Gasteiger partial charge in [0.1, 0.15) is 5.75 Å². The zero-order chi connectivity index (χ0) is 15.2. The van der Waals surface area contributed by atoms with Crippen LogP contribution in [0.15, 0.2) is 18.2 Å². The van der Waals surface area contributed by atoms with Crippen molar-refractivity contribution in [3.63, 3.8) is 0 Å². The Balaban J connectivity index is 2.07. The lowest BCUT2D eigenvalue weighted by molar-refractivity contribution is 0.358. The zero-order valence-electron chi connectivity index (χ0n) is 12.4. The molecule has 0 saturated carbocycles. The molecule has 0 aliphatic carbocycles. The molecule has 1 N–H and O–H groups in total. The number of ether oxygens (including phenoxy) is 1. The van der Waals surface area contributed by atoms with Crippen molar-refractivity contribution in [2.75, 3.05) is 27.7 Å². The Kier molecular flexibility index (Phi) is 3.43. The summed E-state index contributed by atoms with van der Waals surface area (Å²) in [4.78, 5) is 3.38. The van der Waals surface area contributed by atoms with Crippen LogP contribution in [0.1, 0.15) is 11.3 Å². The molecule has 1 aromatic carbocycles. The Morgan fingerprint density at radius 1 is 1.33 bits per heavy atom. The van der Waals surface area contributed by atoms with E-state index in [-0.39, 0.29) is 0 Å². The minimum absolute atomic E-state index is 0.392. The average Bonchev–Trinajstić information content (AvgIpc) is 2.84. The molecule has 0 bridgehead atoms. The van der Waals surface area contributed by atoms with E-state index in [1.54, 1.807) is 21.2 Å². The first kappa shape index (κ1) is 14.4. The van der Waals surface area contributed by atoms with Crippen LogP contribution in [-0.4, -0.2) is 49.8 Å². The summed E-state index contributed by atoms with van der Waals surface area (Å²) in [6, 6.07) is 5.83. The number of hydrogen-bond donors (Lipinski definition) is 1. The van der Waals surface area contributed by atoms with Crippen molar-refractivity contribution >= 4 is 21.1 Å². The van der Waals surface area contributed by atoms with Gasteiger partial charge in [0.05, 0.1) is 12.6 Å². The first-order valence-corrected chi connectivity index (χ1v) is 8.19. The molecule has 114 valence electrons. The van der Waals surface area contributed by atoms with Gasteiger partial charge >= 0.3 is 0 Å². The lowest BCUT2D eigenvalue weighted by Crippen LogP contribution is -2.42. The van der Waals surface area contributed by atoms with E-state index >= 15 is 0 Å². The van der Waals surface area contributed by atoms with Gasteiger partial charge < -0.3 is 9.72 Å². The van der Waals surface area contributed by atoms with Crippen LogP contribution in [0.3, 0.4) is 0 Å². The zero-order valence-corrected chi connectivity index (χ0v) is 13.2. The lowest BCUT2D eigenvalue weighted by Gasteiger charge is -2.28. The van der Waals surface area contributed by atoms with Gasteiger partial charge in [-0.2, -0.15) is 17.0 Å². The highest BCUT2D eigenvalue weighted by Crippen LogP contribution is 2.33. The first-order valence-electron chi connectivity index (χ1n) is 6.79. The highest BCUT2D eigenvalue weighted by molar-refractivity contribution is 7.86. The highest BCUT2D eigenvalue weighted by Gasteiger charge is 2.30. The standard InChI is InChI=1S/C14H19N3O3S/c1-16(2)21(18,19)17-8-7-12-11(9-17)10-5-4-6-13(20-3)14(10)15-12/h4-6,15H,7-9H2,1-3H3. The molecule has 0 amide bonds. The van der Waals surface area contributed by atoms with Crippen LogP contribution in [0.5, 0.6) is 5.75 Å². The third kappa shape index (κ3) is 2.21. The summed E-state index contributed by atoms with van der Waals surface area (Å²) < 4.78 is 32.7. The van der Waals surface area contributed by atoms with Crippen molar-refractivity contribution in [2.45, 2.75) is 13.0 Å². The van der Waals surface area contributed by atoms with Gasteiger partial charge in [-0.05, 0) is 11.6 Å². The van der Waals surface area contributed by atoms with Gasteiger partial charge in [0.15, 0.2) is 0 Å². The van der Waals surface area contributed by atoms with Crippen molar-refractivity contribution < 1.29 is 13.2 Å². The number of nitrogens with zero attached hydrogens (tertiary/aromatic N) is 2. The summed E-state index contributed by atoms with van der Waals surface area (Å²) in [5, 5.41) is 1.03. The number of H-pyrrole nitrogens is 1. The van der Waals surface area contributed by atoms with E-state index < -0.39 is 10.2 Å². The van der Waals surface area contributed by atoms with Crippen LogP contribution in [-0.2, 0) is 23.2 Å². The monoisotopic (exact) mass is 309 g/mol. The predicted molar refractivity (Wildman–Crippen MR) is 81.6 cm³/mol. The van der Waals surface area contributed by atoms with Crippen LogP contribution in [0.2, 0.25) is 0 Å². The predicted octanol–water partition coefficient (Wildman–Crippen LogP) is 1.34. The molecule has 0 radical (unpaired) electrons. The van der Waals surface area contributed by atoms with E-state index in [0.29, 0.717) is 19.5 Å². The number of aromatic amines is 1. The van der Waals surface area contributed by atoms with E-state index in [0.717, 1.165) is 27.9 Å². The van der Waals surface area contributed by atoms with Crippen LogP contribution in [0.25, 0.3) is 10.9 Å². The molecule has 2 heterocycles. The number of methoxy groups -OCH3 is 1. The van der Waals surface area contributed by atoms with E-state index in [2.05, 4.69) is 4.98 Å². The number of nitrogens with one attached hydrogen (secondary N) is 1. The Hall–Kier alpha value is -1.57. The summed E-state index contributed by atoms with van der Waals surface area (Å²) >= 11 is 0. The molecule has 1 aliphatic rings. The number of benzene rings is 1. The highest BCUT2D eigenvalue weighted by atomic mass is 32.2. The van der Waals surface area contributed by atoms with Gasteiger partial charge in [-0.15, -0.1) is 0 Å². The maximum atomic E-state index is 12.3. The first-order chi connectivity index (χ1) is 9.95. The molecule has 0 spiro atoms. The SMILES string of the molecule is COc1cccc2c3c([nH]c12)CCN(S(=O)(=O)N(C)C)C3. The molecular formula is C14H19N3O3S. The molecule has 1 aromatic heterocycles. The average molecular weight is 309 g/mol. The minimum atomic E-state index is -3.38. The third-order valence-corrected chi connectivity index (χ3v) is 5.83. The Morgan fingerprint density at radius 3 is 2.76 bits per heavy atom. The van der Waals surface area contributed by atoms with Crippen LogP contribution in [0.4, 0.5) is 0 Å². The van der Waals surface area contributed by atoms with Gasteiger partial charge in [0.2, 0.25) is 0 Å². The van der Waals surface area contributed by atoms with Gasteiger partial charge in [-0.1, -0.05) is 12.1 Å². The molecule has 2 aromatic rings. The van der Waals surface area contributed by atoms with Gasteiger partial charge in [0.25, 0.3) is 10.2 Å². The van der Waals surface area contributed by atoms with Crippen molar-refractivity contribution in [3.8, 4) is 5.75 Å². The number of aromatic nitrogens is 1. The number of fused-ring (bicyclic) bond motifs is 3. The van der Waals surface area contributed by atoms with Crippen LogP contribution < -0.4 is 4.74 Å². The molecule has 0 fully saturated rings. The van der Waals surface area contributed by atoms with Crippen molar-refractivity contribution in [2.24, 2.45) is 0 Å². The van der Waals surface area contributed by atoms with Crippen molar-refractivity contribution in [1.29, 1.82) is 0 Å². The summed E-state index contributed by atoms with van der Waals surface area (Å²) in [5.74, 6) is 0.781. The topological polar surface area (TPSA) is 65.6 Å². The molecule has 0 atom stereocenters. The second-order valence-electron chi connectivity index (χ2n) is 5.34. The van der Waals surface area contributed by atoms with E-state index in [4.69, 9.17) is 4.74 Å². The Labute approximate surface area is 124 Å². The summed E-state index contributed by atoms with van der Waals surface area (Å²) in [6.45, 7) is 0.881. The quantitative estimate of drug-likeness (QED) is 0.930. The third-order valence-electron chi connectivity index (χ3n) is 3.94. The smallest absolute Gasteiger partial charge is 0.281 e. The second-order valence-corrected chi connectivity index (χ2v) is 7.48. The Morgan fingerprint density at radius 2 is 2.10 bits per heavy atom. The molecule has 7 heteroatoms. The molecule has 6 nitrogen and oxygen atoms in total. The summed E-state index contributed by atoms with van der Waals surface area (Å²) in [6.07, 6.45) is 0.681.